The molecule has 0 amide bonds. The molecule has 0 atom stereocenters. The molecule has 0 fully saturated rings. The van der Waals surface area contributed by atoms with Gasteiger partial charge in [0.05, 0.1) is 31.4 Å². The van der Waals surface area contributed by atoms with E-state index in [1.54, 1.807) is 0 Å². The maximum atomic E-state index is 5.25. The fraction of sp³-hybridized carbons (Fsp3) is 0.226. The minimum Gasteiger partial charge on any atom is -0.273 e. The Morgan fingerprint density at radius 1 is 0.390 bits per heavy atom. The molecule has 0 aliphatic carbocycles. The standard InChI is InChI=1S/C26H29N2S.C22H22N3.C21H20N3.C20H18N3.4CH4/c1-16(2)19-12-9-13-20(17(3)4)23(19)26-27-24-22(29-26)14-15-28(6)25(24)21-11-8-7-10-18(21)5;1-4-21-23-22-20(25(21)17-11-6-5-7-12-17)15-14-19(24(22)3)18-13-9-8-10-16(18)2;1-15-9-7-8-12-18(15)19-13-14-20-21(23(19)3)22-16(2)24(20)17-10-5-4-6-11-17;1-15-8-6-7-11-17(15)18-12-13-19-20(22(18)2)21-14-23(19)16-9-4-3-5-10-16;;;;/h7-17H,1-6H3;5-15H,4H2,1-3H3;4-14H,1-3H3;3-14H,1-2H3;4*1H4/q4*+1;;;;. The van der Waals surface area contributed by atoms with Crippen LogP contribution in [0.1, 0.15) is 121 Å². The van der Waals surface area contributed by atoms with Crippen molar-refractivity contribution in [1.29, 1.82) is 0 Å². The molecule has 8 aromatic carbocycles. The third-order valence-corrected chi connectivity index (χ3v) is 20.4. The van der Waals surface area contributed by atoms with E-state index in [0.717, 1.165) is 79.1 Å². The molecule has 0 N–H and O–H groups in total. The number of rotatable bonds is 11. The van der Waals surface area contributed by atoms with Crippen molar-refractivity contribution in [1.82, 2.24) is 33.6 Å². The Balaban J connectivity index is 0.000000161. The van der Waals surface area contributed by atoms with E-state index in [-0.39, 0.29) is 29.7 Å². The second kappa shape index (κ2) is 33.8. The van der Waals surface area contributed by atoms with Crippen molar-refractivity contribution < 1.29 is 18.3 Å². The summed E-state index contributed by atoms with van der Waals surface area (Å²) < 4.78 is 16.6. The second-order valence-corrected chi connectivity index (χ2v) is 27.7. The average molecular weight is 1410 g/mol. The van der Waals surface area contributed by atoms with E-state index in [9.17, 15) is 0 Å². The van der Waals surface area contributed by atoms with Gasteiger partial charge in [-0.15, -0.1) is 11.3 Å². The quantitative estimate of drug-likeness (QED) is 0.121. The Morgan fingerprint density at radius 3 is 1.25 bits per heavy atom. The van der Waals surface area contributed by atoms with Crippen molar-refractivity contribution in [3.63, 3.8) is 0 Å². The summed E-state index contributed by atoms with van der Waals surface area (Å²) in [5, 5.41) is 1.13. The lowest BCUT2D eigenvalue weighted by molar-refractivity contribution is -0.659. The van der Waals surface area contributed by atoms with E-state index in [0.29, 0.717) is 11.8 Å². The van der Waals surface area contributed by atoms with Crippen LogP contribution in [-0.4, -0.2) is 33.6 Å². The summed E-state index contributed by atoms with van der Waals surface area (Å²) in [7, 11) is 8.38. The molecule has 0 spiro atoms. The average Bonchev–Trinajstić information content (AvgIpc) is 1.69. The molecule has 0 aliphatic rings. The fourth-order valence-corrected chi connectivity index (χ4v) is 15.0. The lowest BCUT2D eigenvalue weighted by Crippen LogP contribution is -2.32. The van der Waals surface area contributed by atoms with Crippen LogP contribution >= 0.6 is 11.3 Å². The maximum Gasteiger partial charge on any atom is 0.349 e. The molecule has 0 saturated heterocycles. The van der Waals surface area contributed by atoms with E-state index >= 15 is 0 Å². The number of pyridine rings is 4. The molecule has 0 aliphatic heterocycles. The molecular weight excluding hydrogens is 1300 g/mol. The topological polar surface area (TPSA) is 81.9 Å². The Hall–Kier alpha value is -11.3. The first kappa shape index (κ1) is 77.8. The highest BCUT2D eigenvalue weighted by atomic mass is 32.1. The Bertz CT molecular complexity index is 5620. The molecule has 0 unspecified atom stereocenters. The molecule has 534 valence electrons. The van der Waals surface area contributed by atoms with Gasteiger partial charge in [0.15, 0.2) is 11.7 Å². The number of nitrogens with zero attached hydrogens (tertiary/aromatic N) is 11. The predicted molar refractivity (Wildman–Crippen MR) is 443 cm³/mol. The van der Waals surface area contributed by atoms with Gasteiger partial charge in [-0.3, -0.25) is 13.7 Å². The number of hydrogen-bond acceptors (Lipinski definition) is 5. The highest BCUT2D eigenvalue weighted by Gasteiger charge is 2.28. The fourth-order valence-electron chi connectivity index (χ4n) is 14.0. The second-order valence-electron chi connectivity index (χ2n) is 26.7. The Morgan fingerprint density at radius 2 is 0.790 bits per heavy atom. The summed E-state index contributed by atoms with van der Waals surface area (Å²) in [5.74, 6) is 3.00. The number of benzene rings is 8. The largest absolute Gasteiger partial charge is 0.349 e. The highest BCUT2D eigenvalue weighted by molar-refractivity contribution is 7.21. The molecule has 8 heterocycles. The molecule has 16 rings (SSSR count). The van der Waals surface area contributed by atoms with Crippen LogP contribution in [0.3, 0.4) is 0 Å². The monoisotopic (exact) mass is 1410 g/mol. The Kier molecular flexibility index (Phi) is 25.1. The normalized spacial score (nSPS) is 10.9. The van der Waals surface area contributed by atoms with Crippen LogP contribution in [0, 0.1) is 34.6 Å². The van der Waals surface area contributed by atoms with Crippen molar-refractivity contribution in [3.8, 4) is 72.7 Å². The van der Waals surface area contributed by atoms with E-state index in [4.69, 9.17) is 15.0 Å². The van der Waals surface area contributed by atoms with Crippen molar-refractivity contribution in [2.24, 2.45) is 28.2 Å². The van der Waals surface area contributed by atoms with Crippen LogP contribution in [-0.2, 0) is 34.6 Å². The van der Waals surface area contributed by atoms with E-state index in [1.807, 2.05) is 48.0 Å². The molecule has 105 heavy (non-hydrogen) atoms. The third-order valence-electron chi connectivity index (χ3n) is 19.4. The van der Waals surface area contributed by atoms with E-state index < -0.39 is 0 Å². The van der Waals surface area contributed by atoms with Crippen molar-refractivity contribution >= 4 is 55.0 Å². The molecule has 0 radical (unpaired) electrons. The zero-order chi connectivity index (χ0) is 70.6. The minimum atomic E-state index is 0. The van der Waals surface area contributed by atoms with Crippen LogP contribution in [0.4, 0.5) is 0 Å². The summed E-state index contributed by atoms with van der Waals surface area (Å²) in [4.78, 5) is 19.7. The van der Waals surface area contributed by atoms with Gasteiger partial charge < -0.3 is 0 Å². The summed E-state index contributed by atoms with van der Waals surface area (Å²) in [5.41, 5.74) is 29.8. The van der Waals surface area contributed by atoms with Crippen LogP contribution in [0.15, 0.2) is 261 Å². The highest BCUT2D eigenvalue weighted by Crippen LogP contribution is 2.42. The summed E-state index contributed by atoms with van der Waals surface area (Å²) in [6.45, 7) is 21.9. The smallest absolute Gasteiger partial charge is 0.273 e. The van der Waals surface area contributed by atoms with Gasteiger partial charge in [0.2, 0.25) is 23.7 Å². The number of thiazole rings is 1. The number of para-hydroxylation sites is 3. The first-order valence-corrected chi connectivity index (χ1v) is 35.8. The maximum absolute atomic E-state index is 5.25. The van der Waals surface area contributed by atoms with Gasteiger partial charge in [0.1, 0.15) is 45.7 Å². The van der Waals surface area contributed by atoms with Gasteiger partial charge in [0, 0.05) is 58.7 Å². The third kappa shape index (κ3) is 15.5. The zero-order valence-electron chi connectivity index (χ0n) is 60.5. The minimum absolute atomic E-state index is 0. The molecule has 12 heteroatoms. The van der Waals surface area contributed by atoms with Crippen LogP contribution in [0.25, 0.3) is 116 Å². The van der Waals surface area contributed by atoms with Gasteiger partial charge in [-0.1, -0.05) is 228 Å². The predicted octanol–water partition coefficient (Wildman–Crippen LogP) is 21.9. The van der Waals surface area contributed by atoms with Gasteiger partial charge in [0.25, 0.3) is 0 Å². The first-order valence-electron chi connectivity index (χ1n) is 35.0. The molecule has 16 aromatic rings. The summed E-state index contributed by atoms with van der Waals surface area (Å²) >= 11 is 1.81. The Labute approximate surface area is 627 Å². The van der Waals surface area contributed by atoms with Crippen LogP contribution < -0.4 is 18.3 Å². The number of aromatic nitrogens is 11. The van der Waals surface area contributed by atoms with Gasteiger partial charge in [-0.2, -0.15) is 4.57 Å². The zero-order valence-corrected chi connectivity index (χ0v) is 61.3. The summed E-state index contributed by atoms with van der Waals surface area (Å²) in [6, 6.07) is 87.1. The van der Waals surface area contributed by atoms with Crippen molar-refractivity contribution in [2.45, 2.75) is 117 Å². The van der Waals surface area contributed by atoms with Gasteiger partial charge in [-0.05, 0) is 167 Å². The summed E-state index contributed by atoms with van der Waals surface area (Å²) in [6.07, 6.45) is 4.94. The van der Waals surface area contributed by atoms with Crippen molar-refractivity contribution in [2.75, 3.05) is 0 Å². The number of hydrogen-bond donors (Lipinski definition) is 0. The van der Waals surface area contributed by atoms with Gasteiger partial charge >= 0.3 is 16.9 Å². The molecule has 8 aromatic heterocycles. The van der Waals surface area contributed by atoms with Crippen LogP contribution in [0.2, 0.25) is 0 Å². The number of fused-ring (bicyclic) bond motifs is 4. The van der Waals surface area contributed by atoms with E-state index in [1.165, 1.54) is 88.7 Å². The van der Waals surface area contributed by atoms with Gasteiger partial charge in [-0.25, -0.2) is 18.7 Å². The number of aryl methyl sites for hydroxylation is 10. The van der Waals surface area contributed by atoms with E-state index in [2.05, 4.69) is 359 Å². The lowest BCUT2D eigenvalue weighted by atomic mass is 9.89. The van der Waals surface area contributed by atoms with Crippen molar-refractivity contribution in [3.05, 3.63) is 306 Å². The van der Waals surface area contributed by atoms with Crippen LogP contribution in [0.5, 0.6) is 0 Å². The lowest BCUT2D eigenvalue weighted by Gasteiger charge is -2.17. The molecule has 0 saturated carbocycles. The molecular formula is C93H105N11S+4. The SMILES string of the molecule is C.C.C.C.CCc1nc2c(ccc(-c3ccccc3C)[n+]2C)n1-c1ccccc1.Cc1ccccc1-c1c2nc(-c3c(C(C)C)cccc3C(C)C)sc2cc[n+]1C.Cc1ccccc1-c1ccc2c(nc(C)n2-c2ccccc2)[n+]1C.Cc1ccccc1-c1ccc2c(ncn2-c2ccccc2)[n+]1C. The molecule has 0 bridgehead atoms. The first-order chi connectivity index (χ1) is 49.0. The molecule has 11 nitrogen and oxygen atoms in total. The number of imidazole rings is 3.